The molecule has 0 bridgehead atoms. The zero-order valence-corrected chi connectivity index (χ0v) is 6.39. The van der Waals surface area contributed by atoms with Crippen molar-refractivity contribution in [3.8, 4) is 0 Å². The highest BCUT2D eigenvalue weighted by Gasteiger charge is 2.25. The highest BCUT2D eigenvalue weighted by Crippen LogP contribution is 2.27. The van der Waals surface area contributed by atoms with Crippen molar-refractivity contribution < 1.29 is 4.79 Å². The van der Waals surface area contributed by atoms with Gasteiger partial charge in [-0.2, -0.15) is 0 Å². The van der Waals surface area contributed by atoms with Gasteiger partial charge in [0, 0.05) is 0 Å². The summed E-state index contributed by atoms with van der Waals surface area (Å²) in [7, 11) is 0. The van der Waals surface area contributed by atoms with Crippen LogP contribution in [0.2, 0.25) is 0 Å². The Morgan fingerprint density at radius 1 is 1.50 bits per heavy atom. The van der Waals surface area contributed by atoms with E-state index in [1.165, 1.54) is 19.8 Å². The minimum atomic E-state index is -0.428. The third-order valence-electron chi connectivity index (χ3n) is 2.31. The molecule has 0 amide bonds. The third-order valence-corrected chi connectivity index (χ3v) is 2.31. The van der Waals surface area contributed by atoms with Crippen molar-refractivity contribution in [2.75, 3.05) is 0 Å². The number of carbonyl (C=O) groups is 1. The number of ketones is 1. The van der Waals surface area contributed by atoms with Gasteiger partial charge in [0.05, 0.1) is 6.04 Å². The second-order valence-electron chi connectivity index (χ2n) is 3.13. The van der Waals surface area contributed by atoms with Crippen molar-refractivity contribution in [2.24, 2.45) is 5.92 Å². The van der Waals surface area contributed by atoms with Crippen molar-refractivity contribution >= 4 is 5.78 Å². The van der Waals surface area contributed by atoms with Gasteiger partial charge in [0.1, 0.15) is 5.78 Å². The van der Waals surface area contributed by atoms with Crippen LogP contribution in [-0.2, 0) is 4.79 Å². The Balaban J connectivity index is 2.39. The lowest BCUT2D eigenvalue weighted by atomic mass is 9.96. The Hall–Kier alpha value is -0.370. The van der Waals surface area contributed by atoms with E-state index in [9.17, 15) is 4.79 Å². The maximum absolute atomic E-state index is 10.7. The van der Waals surface area contributed by atoms with Crippen LogP contribution in [0.15, 0.2) is 0 Å². The van der Waals surface area contributed by atoms with Crippen LogP contribution >= 0.6 is 0 Å². The number of hydrogen-bond donors (Lipinski definition) is 0. The summed E-state index contributed by atoms with van der Waals surface area (Å²) < 4.78 is 0. The molecule has 0 aromatic rings. The molecule has 0 aromatic heterocycles. The molecule has 0 aliphatic heterocycles. The zero-order valence-electron chi connectivity index (χ0n) is 6.39. The number of carbonyl (C=O) groups excluding carboxylic acids is 1. The first-order chi connectivity index (χ1) is 4.72. The first kappa shape index (κ1) is 7.73. The van der Waals surface area contributed by atoms with Crippen molar-refractivity contribution in [3.63, 3.8) is 0 Å². The largest absolute Gasteiger partial charge is 0.298 e. The molecule has 1 aliphatic rings. The molecule has 0 spiro atoms. The van der Waals surface area contributed by atoms with Gasteiger partial charge in [-0.15, -0.1) is 0 Å². The summed E-state index contributed by atoms with van der Waals surface area (Å²) in [5.74, 6) is 0.407. The Morgan fingerprint density at radius 3 is 2.40 bits per heavy atom. The third kappa shape index (κ3) is 1.57. The van der Waals surface area contributed by atoms with Crippen LogP contribution in [-0.4, -0.2) is 11.8 Å². The maximum atomic E-state index is 10.7. The Morgan fingerprint density at radius 2 is 2.00 bits per heavy atom. The fourth-order valence-corrected chi connectivity index (χ4v) is 1.62. The molecule has 1 N–H and O–H groups in total. The molecular formula is C8H14NO. The van der Waals surface area contributed by atoms with E-state index in [0.29, 0.717) is 5.92 Å². The van der Waals surface area contributed by atoms with Gasteiger partial charge < -0.3 is 0 Å². The molecule has 2 heteroatoms. The van der Waals surface area contributed by atoms with Crippen LogP contribution in [0.1, 0.15) is 32.6 Å². The van der Waals surface area contributed by atoms with E-state index in [0.717, 1.165) is 12.8 Å². The Labute approximate surface area is 61.8 Å². The van der Waals surface area contributed by atoms with Crippen LogP contribution in [0.3, 0.4) is 0 Å². The molecule has 0 aromatic carbocycles. The van der Waals surface area contributed by atoms with Gasteiger partial charge in [0.2, 0.25) is 0 Å². The van der Waals surface area contributed by atoms with Crippen LogP contribution < -0.4 is 5.73 Å². The molecule has 57 valence electrons. The van der Waals surface area contributed by atoms with Crippen molar-refractivity contribution in [1.82, 2.24) is 5.73 Å². The van der Waals surface area contributed by atoms with E-state index in [1.807, 2.05) is 0 Å². The molecule has 1 aliphatic carbocycles. The number of Topliss-reactive ketones (excluding diaryl/α,β-unsaturated/α-hetero) is 1. The van der Waals surface area contributed by atoms with E-state index in [-0.39, 0.29) is 5.78 Å². The molecule has 1 atom stereocenters. The summed E-state index contributed by atoms with van der Waals surface area (Å²) in [6, 6.07) is -0.428. The van der Waals surface area contributed by atoms with Gasteiger partial charge in [-0.25, -0.2) is 5.73 Å². The first-order valence-electron chi connectivity index (χ1n) is 3.93. The molecule has 1 radical (unpaired) electrons. The normalized spacial score (nSPS) is 23.0. The van der Waals surface area contributed by atoms with Crippen LogP contribution in [0.4, 0.5) is 0 Å². The highest BCUT2D eigenvalue weighted by molar-refractivity contribution is 5.81. The van der Waals surface area contributed by atoms with Crippen molar-refractivity contribution in [3.05, 3.63) is 0 Å². The summed E-state index contributed by atoms with van der Waals surface area (Å²) in [6.07, 6.45) is 4.61. The van der Waals surface area contributed by atoms with E-state index in [4.69, 9.17) is 5.73 Å². The van der Waals surface area contributed by atoms with Gasteiger partial charge in [0.15, 0.2) is 0 Å². The lowest BCUT2D eigenvalue weighted by Crippen LogP contribution is -2.27. The Bertz CT molecular complexity index is 127. The highest BCUT2D eigenvalue weighted by atomic mass is 16.1. The summed E-state index contributed by atoms with van der Waals surface area (Å²) in [6.45, 7) is 1.52. The van der Waals surface area contributed by atoms with Gasteiger partial charge in [-0.3, -0.25) is 4.79 Å². The standard InChI is InChI=1S/C8H14NO/c1-6(10)8(9)7-4-2-3-5-7/h7-9H,2-5H2,1H3. The minimum Gasteiger partial charge on any atom is -0.298 e. The lowest BCUT2D eigenvalue weighted by Gasteiger charge is -2.13. The second kappa shape index (κ2) is 3.15. The summed E-state index contributed by atoms with van der Waals surface area (Å²) in [5, 5.41) is 0. The van der Waals surface area contributed by atoms with Crippen LogP contribution in [0.25, 0.3) is 0 Å². The molecule has 1 rings (SSSR count). The molecule has 0 heterocycles. The van der Waals surface area contributed by atoms with Crippen LogP contribution in [0, 0.1) is 5.92 Å². The predicted molar refractivity (Wildman–Crippen MR) is 39.5 cm³/mol. The van der Waals surface area contributed by atoms with Crippen molar-refractivity contribution in [2.45, 2.75) is 38.6 Å². The molecule has 1 unspecified atom stereocenters. The summed E-state index contributed by atoms with van der Waals surface area (Å²) >= 11 is 0. The molecule has 2 nitrogen and oxygen atoms in total. The number of hydrogen-bond acceptors (Lipinski definition) is 1. The fourth-order valence-electron chi connectivity index (χ4n) is 1.62. The molecule has 0 saturated heterocycles. The predicted octanol–water partition coefficient (Wildman–Crippen LogP) is 1.42. The summed E-state index contributed by atoms with van der Waals surface area (Å²) in [4.78, 5) is 10.7. The fraction of sp³-hybridized carbons (Fsp3) is 0.875. The number of nitrogens with one attached hydrogen (secondary N) is 1. The second-order valence-corrected chi connectivity index (χ2v) is 3.13. The maximum Gasteiger partial charge on any atom is 0.148 e. The van der Waals surface area contributed by atoms with E-state index >= 15 is 0 Å². The molecule has 1 saturated carbocycles. The molecule has 10 heavy (non-hydrogen) atoms. The van der Waals surface area contributed by atoms with Gasteiger partial charge >= 0.3 is 0 Å². The SMILES string of the molecule is CC(=O)C([NH])C1CCCC1. The van der Waals surface area contributed by atoms with E-state index in [2.05, 4.69) is 0 Å². The van der Waals surface area contributed by atoms with Crippen molar-refractivity contribution in [1.29, 1.82) is 0 Å². The average Bonchev–Trinajstić information content (AvgIpc) is 2.36. The van der Waals surface area contributed by atoms with Gasteiger partial charge in [-0.05, 0) is 25.7 Å². The molecular weight excluding hydrogens is 126 g/mol. The topological polar surface area (TPSA) is 40.9 Å². The Kier molecular flexibility index (Phi) is 2.44. The minimum absolute atomic E-state index is 0.0342. The van der Waals surface area contributed by atoms with Crippen LogP contribution in [0.5, 0.6) is 0 Å². The summed E-state index contributed by atoms with van der Waals surface area (Å²) in [5.41, 5.74) is 7.47. The monoisotopic (exact) mass is 140 g/mol. The smallest absolute Gasteiger partial charge is 0.148 e. The lowest BCUT2D eigenvalue weighted by molar-refractivity contribution is -0.119. The average molecular weight is 140 g/mol. The zero-order chi connectivity index (χ0) is 7.56. The van der Waals surface area contributed by atoms with Gasteiger partial charge in [-0.1, -0.05) is 12.8 Å². The molecule has 1 fully saturated rings. The first-order valence-corrected chi connectivity index (χ1v) is 3.93. The number of rotatable bonds is 2. The van der Waals surface area contributed by atoms with Gasteiger partial charge in [0.25, 0.3) is 0 Å². The van der Waals surface area contributed by atoms with E-state index in [1.54, 1.807) is 0 Å². The van der Waals surface area contributed by atoms with E-state index < -0.39 is 6.04 Å². The quantitative estimate of drug-likeness (QED) is 0.571.